The summed E-state index contributed by atoms with van der Waals surface area (Å²) in [7, 11) is -1.82. The second kappa shape index (κ2) is 6.22. The van der Waals surface area contributed by atoms with Crippen LogP contribution in [0.5, 0.6) is 0 Å². The third-order valence-electron chi connectivity index (χ3n) is 3.85. The number of nitrogens with two attached hydrogens (primary N) is 1. The van der Waals surface area contributed by atoms with Gasteiger partial charge in [-0.25, -0.2) is 8.42 Å². The van der Waals surface area contributed by atoms with Crippen LogP contribution in [0.3, 0.4) is 0 Å². The summed E-state index contributed by atoms with van der Waals surface area (Å²) in [6.45, 7) is 2.70. The Balaban J connectivity index is 2.26. The molecule has 0 aromatic heterocycles. The second-order valence-corrected chi connectivity index (χ2v) is 7.09. The molecule has 2 rings (SSSR count). The topological polar surface area (TPSA) is 72.6 Å². The number of piperidine rings is 1. The molecular formula is C14H22N2O3S. The van der Waals surface area contributed by atoms with Gasteiger partial charge >= 0.3 is 0 Å². The summed E-state index contributed by atoms with van der Waals surface area (Å²) in [5, 5.41) is 0. The summed E-state index contributed by atoms with van der Waals surface area (Å²) >= 11 is 0. The van der Waals surface area contributed by atoms with Crippen LogP contribution in [0.25, 0.3) is 0 Å². The molecule has 0 radical (unpaired) electrons. The van der Waals surface area contributed by atoms with Crippen molar-refractivity contribution in [3.05, 3.63) is 29.8 Å². The average Bonchev–Trinajstić information content (AvgIpc) is 2.46. The zero-order chi connectivity index (χ0) is 14.8. The number of methoxy groups -OCH3 is 1. The summed E-state index contributed by atoms with van der Waals surface area (Å²) in [6.07, 6.45) is 1.45. The Morgan fingerprint density at radius 1 is 1.35 bits per heavy atom. The van der Waals surface area contributed by atoms with Crippen molar-refractivity contribution < 1.29 is 13.2 Å². The van der Waals surface area contributed by atoms with Gasteiger partial charge in [-0.15, -0.1) is 0 Å². The van der Waals surface area contributed by atoms with Crippen LogP contribution < -0.4 is 5.73 Å². The molecule has 1 heterocycles. The van der Waals surface area contributed by atoms with Crippen molar-refractivity contribution in [3.8, 4) is 0 Å². The summed E-state index contributed by atoms with van der Waals surface area (Å²) < 4.78 is 32.2. The first kappa shape index (κ1) is 15.4. The fraction of sp³-hybridized carbons (Fsp3) is 0.571. The number of ether oxygens (including phenoxy) is 1. The lowest BCUT2D eigenvalue weighted by atomic mass is 10.0. The largest absolute Gasteiger partial charge is 0.381 e. The molecule has 2 atom stereocenters. The van der Waals surface area contributed by atoms with E-state index in [0.29, 0.717) is 30.8 Å². The molecular weight excluding hydrogens is 276 g/mol. The van der Waals surface area contributed by atoms with Gasteiger partial charge in [0.05, 0.1) is 11.0 Å². The van der Waals surface area contributed by atoms with E-state index in [9.17, 15) is 8.42 Å². The van der Waals surface area contributed by atoms with Crippen molar-refractivity contribution in [2.45, 2.75) is 36.8 Å². The van der Waals surface area contributed by atoms with Crippen LogP contribution in [0.1, 0.15) is 18.4 Å². The van der Waals surface area contributed by atoms with E-state index in [2.05, 4.69) is 0 Å². The van der Waals surface area contributed by atoms with E-state index in [0.717, 1.165) is 5.56 Å². The fourth-order valence-corrected chi connectivity index (χ4v) is 4.24. The molecule has 1 aliphatic rings. The number of hydrogen-bond donors (Lipinski definition) is 1. The molecule has 0 amide bonds. The van der Waals surface area contributed by atoms with Gasteiger partial charge in [-0.3, -0.25) is 0 Å². The lowest BCUT2D eigenvalue weighted by molar-refractivity contribution is 0.0401. The van der Waals surface area contributed by atoms with Gasteiger partial charge < -0.3 is 10.5 Å². The monoisotopic (exact) mass is 298 g/mol. The molecule has 6 heteroatoms. The minimum atomic E-state index is -3.47. The molecule has 1 aromatic carbocycles. The Kier molecular flexibility index (Phi) is 4.80. The normalized spacial score (nSPS) is 24.8. The zero-order valence-electron chi connectivity index (χ0n) is 12.0. The van der Waals surface area contributed by atoms with Crippen LogP contribution in [-0.4, -0.2) is 45.1 Å². The number of rotatable bonds is 4. The molecule has 0 saturated carbocycles. The van der Waals surface area contributed by atoms with Crippen LogP contribution in [0.15, 0.2) is 29.2 Å². The maximum absolute atomic E-state index is 12.7. The molecule has 1 aliphatic heterocycles. The molecule has 1 fully saturated rings. The first-order valence-electron chi connectivity index (χ1n) is 6.80. The molecule has 2 unspecified atom stereocenters. The summed E-state index contributed by atoms with van der Waals surface area (Å²) in [5.74, 6) is 0. The Morgan fingerprint density at radius 3 is 2.55 bits per heavy atom. The smallest absolute Gasteiger partial charge is 0.243 e. The number of nitrogens with zero attached hydrogens (tertiary/aromatic N) is 1. The minimum Gasteiger partial charge on any atom is -0.381 e. The van der Waals surface area contributed by atoms with E-state index < -0.39 is 10.0 Å². The van der Waals surface area contributed by atoms with E-state index in [1.54, 1.807) is 19.2 Å². The lowest BCUT2D eigenvalue weighted by Crippen LogP contribution is -2.51. The zero-order valence-corrected chi connectivity index (χ0v) is 12.8. The number of aryl methyl sites for hydroxylation is 1. The molecule has 0 spiro atoms. The molecule has 0 aliphatic carbocycles. The van der Waals surface area contributed by atoms with E-state index in [1.807, 2.05) is 19.1 Å². The molecule has 2 N–H and O–H groups in total. The predicted octanol–water partition coefficient (Wildman–Crippen LogP) is 1.12. The van der Waals surface area contributed by atoms with Gasteiger partial charge in [0.15, 0.2) is 0 Å². The van der Waals surface area contributed by atoms with Gasteiger partial charge in [0.1, 0.15) is 0 Å². The predicted molar refractivity (Wildman–Crippen MR) is 77.9 cm³/mol. The molecule has 1 saturated heterocycles. The van der Waals surface area contributed by atoms with Crippen molar-refractivity contribution in [1.29, 1.82) is 0 Å². The van der Waals surface area contributed by atoms with Crippen LogP contribution >= 0.6 is 0 Å². The Hall–Kier alpha value is -0.950. The maximum Gasteiger partial charge on any atom is 0.243 e. The van der Waals surface area contributed by atoms with Crippen LogP contribution in [0.2, 0.25) is 0 Å². The maximum atomic E-state index is 12.7. The highest BCUT2D eigenvalue weighted by molar-refractivity contribution is 7.89. The van der Waals surface area contributed by atoms with E-state index >= 15 is 0 Å². The minimum absolute atomic E-state index is 0.0908. The average molecular weight is 298 g/mol. The van der Waals surface area contributed by atoms with Crippen molar-refractivity contribution in [2.24, 2.45) is 5.73 Å². The number of hydrogen-bond acceptors (Lipinski definition) is 4. The van der Waals surface area contributed by atoms with Crippen molar-refractivity contribution >= 4 is 10.0 Å². The van der Waals surface area contributed by atoms with Crippen molar-refractivity contribution in [1.82, 2.24) is 4.31 Å². The lowest BCUT2D eigenvalue weighted by Gasteiger charge is -2.37. The standard InChI is InChI=1S/C14H22N2O3S/c1-11-3-5-14(6-4-11)20(17,18)16-8-7-13(19-2)9-12(16)10-15/h3-6,12-13H,7-10,15H2,1-2H3. The van der Waals surface area contributed by atoms with Crippen molar-refractivity contribution in [3.63, 3.8) is 0 Å². The molecule has 112 valence electrons. The third kappa shape index (κ3) is 3.03. The molecule has 5 nitrogen and oxygen atoms in total. The summed E-state index contributed by atoms with van der Waals surface area (Å²) in [5.41, 5.74) is 6.79. The van der Waals surface area contributed by atoms with E-state index in [-0.39, 0.29) is 12.1 Å². The quantitative estimate of drug-likeness (QED) is 0.904. The summed E-state index contributed by atoms with van der Waals surface area (Å²) in [6, 6.07) is 6.74. The number of sulfonamides is 1. The molecule has 20 heavy (non-hydrogen) atoms. The van der Waals surface area contributed by atoms with Gasteiger partial charge in [-0.1, -0.05) is 17.7 Å². The number of benzene rings is 1. The second-order valence-electron chi connectivity index (χ2n) is 5.20. The third-order valence-corrected chi connectivity index (χ3v) is 5.81. The van der Waals surface area contributed by atoms with Crippen LogP contribution in [-0.2, 0) is 14.8 Å². The Morgan fingerprint density at radius 2 is 2.00 bits per heavy atom. The Labute approximate surface area is 120 Å². The summed E-state index contributed by atoms with van der Waals surface area (Å²) in [4.78, 5) is 0.331. The SMILES string of the molecule is COC1CCN(S(=O)(=O)c2ccc(C)cc2)C(CN)C1. The van der Waals surface area contributed by atoms with Crippen LogP contribution in [0, 0.1) is 6.92 Å². The van der Waals surface area contributed by atoms with Gasteiger partial charge in [0, 0.05) is 26.2 Å². The van der Waals surface area contributed by atoms with E-state index in [1.165, 1.54) is 4.31 Å². The molecule has 0 bridgehead atoms. The van der Waals surface area contributed by atoms with Gasteiger partial charge in [-0.05, 0) is 31.9 Å². The molecule has 1 aromatic rings. The first-order valence-corrected chi connectivity index (χ1v) is 8.24. The highest BCUT2D eigenvalue weighted by Gasteiger charge is 2.36. The van der Waals surface area contributed by atoms with Gasteiger partial charge in [0.2, 0.25) is 10.0 Å². The highest BCUT2D eigenvalue weighted by atomic mass is 32.2. The fourth-order valence-electron chi connectivity index (χ4n) is 2.58. The van der Waals surface area contributed by atoms with Gasteiger partial charge in [-0.2, -0.15) is 4.31 Å². The van der Waals surface area contributed by atoms with Crippen molar-refractivity contribution in [2.75, 3.05) is 20.2 Å². The highest BCUT2D eigenvalue weighted by Crippen LogP contribution is 2.26. The van der Waals surface area contributed by atoms with Crippen LogP contribution in [0.4, 0.5) is 0 Å². The van der Waals surface area contributed by atoms with E-state index in [4.69, 9.17) is 10.5 Å². The Bertz CT molecular complexity index is 542. The van der Waals surface area contributed by atoms with Gasteiger partial charge in [0.25, 0.3) is 0 Å². The first-order chi connectivity index (χ1) is 9.48.